The van der Waals surface area contributed by atoms with E-state index >= 15 is 0 Å². The van der Waals surface area contributed by atoms with E-state index in [9.17, 15) is 9.90 Å². The van der Waals surface area contributed by atoms with Gasteiger partial charge in [0.1, 0.15) is 17.7 Å². The molecule has 8 nitrogen and oxygen atoms in total. The van der Waals surface area contributed by atoms with Crippen LogP contribution >= 0.6 is 0 Å². The maximum Gasteiger partial charge on any atom is 0.335 e. The van der Waals surface area contributed by atoms with Crippen LogP contribution in [0.4, 0.5) is 0 Å². The Labute approximate surface area is 236 Å². The van der Waals surface area contributed by atoms with Crippen molar-refractivity contribution >= 4 is 16.9 Å². The fourth-order valence-corrected chi connectivity index (χ4v) is 6.27. The first kappa shape index (κ1) is 28.5. The van der Waals surface area contributed by atoms with Gasteiger partial charge >= 0.3 is 5.97 Å². The van der Waals surface area contributed by atoms with Crippen molar-refractivity contribution in [2.75, 3.05) is 33.5 Å². The van der Waals surface area contributed by atoms with E-state index in [2.05, 4.69) is 28.9 Å². The summed E-state index contributed by atoms with van der Waals surface area (Å²) in [6.45, 7) is 6.73. The fourth-order valence-electron chi connectivity index (χ4n) is 6.27. The fraction of sp³-hybridized carbons (Fsp3) is 0.531. The summed E-state index contributed by atoms with van der Waals surface area (Å²) in [5.74, 6) is 0.476. The molecule has 0 spiro atoms. The second kappa shape index (κ2) is 13.1. The summed E-state index contributed by atoms with van der Waals surface area (Å²) in [6.07, 6.45) is 8.50. The number of H-pyrrole nitrogens is 1. The average Bonchev–Trinajstić information content (AvgIpc) is 3.45. The Morgan fingerprint density at radius 1 is 1.12 bits per heavy atom. The van der Waals surface area contributed by atoms with Crippen LogP contribution < -0.4 is 9.47 Å². The number of hydrogen-bond donors (Lipinski definition) is 2. The molecule has 3 aromatic rings. The van der Waals surface area contributed by atoms with Crippen molar-refractivity contribution in [3.05, 3.63) is 58.8 Å². The van der Waals surface area contributed by atoms with E-state index < -0.39 is 5.97 Å². The standard InChI is InChI=1S/C32H42N2O6/c1-4-38-23-13-15-34-26(20-23)24-11-10-22(32(35)36)19-27(24)39-16-8-6-5-7-9-17-40-31(34)29-25-12-14-33-30(25)21(2)18-28(29)37-3/h10-12,14,18-19,23,26,31,33H,4-9,13,15-17,20H2,1-3H3,(H,35,36)/t23-,26-,31?/m0/s1. The molecule has 8 heteroatoms. The lowest BCUT2D eigenvalue weighted by atomic mass is 9.90. The number of nitrogens with one attached hydrogen (secondary N) is 1. The van der Waals surface area contributed by atoms with Crippen LogP contribution in [0.1, 0.15) is 91.2 Å². The van der Waals surface area contributed by atoms with Crippen LogP contribution in [0.15, 0.2) is 36.5 Å². The van der Waals surface area contributed by atoms with Crippen LogP contribution in [0.25, 0.3) is 10.9 Å². The predicted molar refractivity (Wildman–Crippen MR) is 154 cm³/mol. The molecular formula is C32H42N2O6. The van der Waals surface area contributed by atoms with Crippen LogP contribution in [-0.2, 0) is 9.47 Å². The monoisotopic (exact) mass is 550 g/mol. The van der Waals surface area contributed by atoms with E-state index in [4.69, 9.17) is 18.9 Å². The Hall–Kier alpha value is -3.07. The third kappa shape index (κ3) is 5.99. The summed E-state index contributed by atoms with van der Waals surface area (Å²) in [6, 6.07) is 9.37. The zero-order valence-corrected chi connectivity index (χ0v) is 23.9. The highest BCUT2D eigenvalue weighted by molar-refractivity contribution is 5.89. The van der Waals surface area contributed by atoms with Crippen LogP contribution in [0.3, 0.4) is 0 Å². The molecule has 0 radical (unpaired) electrons. The van der Waals surface area contributed by atoms with E-state index in [0.717, 1.165) is 84.8 Å². The molecule has 1 unspecified atom stereocenters. The number of aromatic amines is 1. The van der Waals surface area contributed by atoms with Gasteiger partial charge in [-0.2, -0.15) is 0 Å². The minimum atomic E-state index is -0.959. The molecule has 5 rings (SSSR count). The van der Waals surface area contributed by atoms with Gasteiger partial charge in [-0.25, -0.2) is 4.79 Å². The van der Waals surface area contributed by atoms with Crippen molar-refractivity contribution in [1.29, 1.82) is 0 Å². The number of aryl methyl sites for hydroxylation is 1. The number of aromatic nitrogens is 1. The number of methoxy groups -OCH3 is 1. The lowest BCUT2D eigenvalue weighted by molar-refractivity contribution is -0.118. The number of fused-ring (bicyclic) bond motifs is 4. The lowest BCUT2D eigenvalue weighted by Crippen LogP contribution is -2.43. The van der Waals surface area contributed by atoms with Crippen molar-refractivity contribution in [2.45, 2.75) is 77.2 Å². The van der Waals surface area contributed by atoms with Crippen molar-refractivity contribution in [3.63, 3.8) is 0 Å². The van der Waals surface area contributed by atoms with Gasteiger partial charge in [0, 0.05) is 54.0 Å². The lowest BCUT2D eigenvalue weighted by Gasteiger charge is -2.44. The van der Waals surface area contributed by atoms with E-state index in [1.807, 2.05) is 19.2 Å². The van der Waals surface area contributed by atoms with E-state index in [1.54, 1.807) is 19.2 Å². The first-order valence-electron chi connectivity index (χ1n) is 14.6. The van der Waals surface area contributed by atoms with Crippen LogP contribution in [-0.4, -0.2) is 60.5 Å². The summed E-state index contributed by atoms with van der Waals surface area (Å²) < 4.78 is 25.3. The molecule has 2 aromatic carbocycles. The SMILES string of the molecule is CCO[C@H]1CCN2C(c3c(OC)cc(C)c4[nH]ccc34)OCCCCCCCOc3cc(C(=O)O)ccc3[C@@H]2C1. The quantitative estimate of drug-likeness (QED) is 0.362. The number of rotatable bonds is 5. The van der Waals surface area contributed by atoms with Crippen molar-refractivity contribution in [3.8, 4) is 11.5 Å². The molecule has 2 aliphatic rings. The van der Waals surface area contributed by atoms with Gasteiger partial charge in [0.05, 0.1) is 25.4 Å². The molecule has 0 saturated carbocycles. The van der Waals surface area contributed by atoms with Crippen LogP contribution in [0, 0.1) is 6.92 Å². The summed E-state index contributed by atoms with van der Waals surface area (Å²) in [5.41, 5.74) is 4.41. The molecule has 2 aliphatic heterocycles. The van der Waals surface area contributed by atoms with Gasteiger partial charge in [-0.1, -0.05) is 25.3 Å². The second-order valence-corrected chi connectivity index (χ2v) is 10.8. The Kier molecular flexibility index (Phi) is 9.29. The third-order valence-electron chi connectivity index (χ3n) is 8.25. The number of piperidine rings is 1. The molecule has 216 valence electrons. The number of carboxylic acids is 1. The number of carbonyl (C=O) groups is 1. The molecular weight excluding hydrogens is 508 g/mol. The van der Waals surface area contributed by atoms with Crippen LogP contribution in [0.2, 0.25) is 0 Å². The minimum Gasteiger partial charge on any atom is -0.496 e. The molecule has 40 heavy (non-hydrogen) atoms. The molecule has 0 amide bonds. The smallest absolute Gasteiger partial charge is 0.335 e. The highest BCUT2D eigenvalue weighted by Gasteiger charge is 2.39. The van der Waals surface area contributed by atoms with Gasteiger partial charge in [0.15, 0.2) is 0 Å². The third-order valence-corrected chi connectivity index (χ3v) is 8.25. The molecule has 0 aliphatic carbocycles. The van der Waals surface area contributed by atoms with Gasteiger partial charge in [0.25, 0.3) is 0 Å². The van der Waals surface area contributed by atoms with Gasteiger partial charge in [0.2, 0.25) is 0 Å². The number of carboxylic acid groups (broad SMARTS) is 1. The maximum absolute atomic E-state index is 11.9. The Balaban J connectivity index is 1.66. The molecule has 2 N–H and O–H groups in total. The summed E-state index contributed by atoms with van der Waals surface area (Å²) in [4.78, 5) is 17.7. The zero-order chi connectivity index (χ0) is 28.1. The number of aromatic carboxylic acids is 1. The largest absolute Gasteiger partial charge is 0.496 e. The predicted octanol–water partition coefficient (Wildman–Crippen LogP) is 6.78. The number of ether oxygens (including phenoxy) is 4. The highest BCUT2D eigenvalue weighted by atomic mass is 16.5. The first-order valence-corrected chi connectivity index (χ1v) is 14.6. The molecule has 1 aromatic heterocycles. The van der Waals surface area contributed by atoms with Gasteiger partial charge in [-0.3, -0.25) is 4.90 Å². The molecule has 3 heterocycles. The van der Waals surface area contributed by atoms with Gasteiger partial charge in [-0.15, -0.1) is 0 Å². The van der Waals surface area contributed by atoms with Crippen LogP contribution in [0.5, 0.6) is 11.5 Å². The normalized spacial score (nSPS) is 23.0. The van der Waals surface area contributed by atoms with E-state index in [-0.39, 0.29) is 23.9 Å². The average molecular weight is 551 g/mol. The molecule has 1 saturated heterocycles. The Bertz CT molecular complexity index is 1300. The Morgan fingerprint density at radius 2 is 1.93 bits per heavy atom. The number of nitrogens with zero attached hydrogens (tertiary/aromatic N) is 1. The van der Waals surface area contributed by atoms with Crippen molar-refractivity contribution < 1.29 is 28.8 Å². The summed E-state index contributed by atoms with van der Waals surface area (Å²) in [7, 11) is 1.72. The van der Waals surface area contributed by atoms with E-state index in [1.165, 1.54) is 0 Å². The topological polar surface area (TPSA) is 93.3 Å². The molecule has 1 fully saturated rings. The summed E-state index contributed by atoms with van der Waals surface area (Å²) in [5, 5.41) is 10.8. The molecule has 0 bridgehead atoms. The van der Waals surface area contributed by atoms with Gasteiger partial charge in [-0.05, 0) is 69.4 Å². The number of hydrogen-bond acceptors (Lipinski definition) is 6. The highest BCUT2D eigenvalue weighted by Crippen LogP contribution is 2.46. The maximum atomic E-state index is 11.9. The summed E-state index contributed by atoms with van der Waals surface area (Å²) >= 11 is 0. The number of benzene rings is 2. The van der Waals surface area contributed by atoms with E-state index in [0.29, 0.717) is 25.6 Å². The second-order valence-electron chi connectivity index (χ2n) is 10.8. The minimum absolute atomic E-state index is 0.0879. The Morgan fingerprint density at radius 3 is 2.70 bits per heavy atom. The first-order chi connectivity index (χ1) is 19.5. The van der Waals surface area contributed by atoms with Gasteiger partial charge < -0.3 is 29.0 Å². The zero-order valence-electron chi connectivity index (χ0n) is 23.9. The van der Waals surface area contributed by atoms with Crippen molar-refractivity contribution in [2.24, 2.45) is 0 Å². The molecule has 3 atom stereocenters. The van der Waals surface area contributed by atoms with Crippen molar-refractivity contribution in [1.82, 2.24) is 9.88 Å².